The zero-order chi connectivity index (χ0) is 34.0. The van der Waals surface area contributed by atoms with Gasteiger partial charge in [0.2, 0.25) is 0 Å². The van der Waals surface area contributed by atoms with E-state index >= 15 is 0 Å². The quantitative estimate of drug-likeness (QED) is 0.0439. The molecule has 0 fully saturated rings. The lowest BCUT2D eigenvalue weighted by atomic mass is 10.0. The average molecular weight is 691 g/mol. The van der Waals surface area contributed by atoms with Crippen molar-refractivity contribution in [1.82, 2.24) is 0 Å². The molecule has 0 aliphatic carbocycles. The molecule has 0 radical (unpaired) electrons. The zero-order valence-electron chi connectivity index (χ0n) is 30.1. The van der Waals surface area contributed by atoms with Crippen LogP contribution in [0.2, 0.25) is 0 Å². The number of carbonyl (C=O) groups excluding carboxylic acids is 2. The lowest BCUT2D eigenvalue weighted by Crippen LogP contribution is -2.48. The fourth-order valence-electron chi connectivity index (χ4n) is 5.82. The molecular formula is C36H74O8Si2. The van der Waals surface area contributed by atoms with E-state index < -0.39 is 30.5 Å². The minimum absolute atomic E-state index is 0.137. The molecule has 8 nitrogen and oxygen atoms in total. The SMILES string of the molecule is CCCCCCCCCCCCCCCCCC(=O)O[SiH](OC(=O)CCCCCCCCCCCCCCCCC)O[Si](O)(O)O. The van der Waals surface area contributed by atoms with Crippen LogP contribution in [-0.4, -0.2) is 44.9 Å². The van der Waals surface area contributed by atoms with Crippen molar-refractivity contribution in [2.45, 2.75) is 219 Å². The Hall–Kier alpha value is -0.786. The summed E-state index contributed by atoms with van der Waals surface area (Å²) in [7, 11) is -8.55. The second-order valence-electron chi connectivity index (χ2n) is 13.4. The van der Waals surface area contributed by atoms with Gasteiger partial charge in [0, 0.05) is 12.8 Å². The third-order valence-corrected chi connectivity index (χ3v) is 11.6. The van der Waals surface area contributed by atoms with Crippen LogP contribution in [0.3, 0.4) is 0 Å². The molecule has 0 rings (SSSR count). The molecule has 0 amide bonds. The Morgan fingerprint density at radius 1 is 0.413 bits per heavy atom. The summed E-state index contributed by atoms with van der Waals surface area (Å²) in [5, 5.41) is 0. The van der Waals surface area contributed by atoms with Crippen molar-refractivity contribution in [2.75, 3.05) is 0 Å². The van der Waals surface area contributed by atoms with Gasteiger partial charge in [-0.05, 0) is 12.8 Å². The van der Waals surface area contributed by atoms with Crippen LogP contribution in [0.1, 0.15) is 219 Å². The summed E-state index contributed by atoms with van der Waals surface area (Å²) in [4.78, 5) is 52.5. The van der Waals surface area contributed by atoms with Crippen molar-refractivity contribution < 1.29 is 36.9 Å². The van der Waals surface area contributed by atoms with E-state index in [-0.39, 0.29) is 12.8 Å². The third kappa shape index (κ3) is 36.1. The smallest absolute Gasteiger partial charge is 0.467 e. The standard InChI is InChI=1S/C36H74O8Si2/c1-3-5-7-9-11-13-15-17-19-21-23-25-27-29-31-33-35(37)42-45(44-46(39,40)41)43-36(38)34-32-30-28-26-24-22-20-18-16-14-12-10-8-6-4-2/h39-41,45H,3-34H2,1-2H3. The Labute approximate surface area is 286 Å². The normalized spacial score (nSPS) is 11.8. The second-order valence-corrected chi connectivity index (χ2v) is 16.5. The molecule has 0 aromatic heterocycles. The molecule has 0 atom stereocenters. The van der Waals surface area contributed by atoms with Crippen LogP contribution < -0.4 is 0 Å². The molecule has 0 aliphatic heterocycles. The highest BCUT2D eigenvalue weighted by molar-refractivity contribution is 6.60. The minimum Gasteiger partial charge on any atom is -0.467 e. The largest absolute Gasteiger partial charge is 0.665 e. The lowest BCUT2D eigenvalue weighted by molar-refractivity contribution is -0.143. The Balaban J connectivity index is 3.82. The molecule has 0 aliphatic rings. The van der Waals surface area contributed by atoms with Gasteiger partial charge < -0.3 is 27.4 Å². The zero-order valence-corrected chi connectivity index (χ0v) is 32.2. The maximum Gasteiger partial charge on any atom is 0.665 e. The highest BCUT2D eigenvalue weighted by Crippen LogP contribution is 2.16. The van der Waals surface area contributed by atoms with Gasteiger partial charge in [0.1, 0.15) is 0 Å². The van der Waals surface area contributed by atoms with Crippen LogP contribution in [0.15, 0.2) is 0 Å². The molecule has 10 heteroatoms. The van der Waals surface area contributed by atoms with E-state index in [1.54, 1.807) is 0 Å². The van der Waals surface area contributed by atoms with E-state index in [4.69, 9.17) is 13.0 Å². The van der Waals surface area contributed by atoms with E-state index in [0.29, 0.717) is 12.8 Å². The van der Waals surface area contributed by atoms with Crippen molar-refractivity contribution in [3.63, 3.8) is 0 Å². The molecular weight excluding hydrogens is 617 g/mol. The molecule has 0 heterocycles. The van der Waals surface area contributed by atoms with E-state index in [1.807, 2.05) is 0 Å². The molecule has 0 unspecified atom stereocenters. The Morgan fingerprint density at radius 3 is 0.848 bits per heavy atom. The Morgan fingerprint density at radius 2 is 0.630 bits per heavy atom. The van der Waals surface area contributed by atoms with Crippen molar-refractivity contribution in [1.29, 1.82) is 0 Å². The van der Waals surface area contributed by atoms with Crippen molar-refractivity contribution in [2.24, 2.45) is 0 Å². The summed E-state index contributed by atoms with van der Waals surface area (Å²) in [5.41, 5.74) is 0. The van der Waals surface area contributed by atoms with E-state index in [0.717, 1.165) is 38.5 Å². The van der Waals surface area contributed by atoms with Gasteiger partial charge in [0.15, 0.2) is 0 Å². The van der Waals surface area contributed by atoms with Gasteiger partial charge in [-0.2, -0.15) is 0 Å². The Bertz CT molecular complexity index is 627. The van der Waals surface area contributed by atoms with Gasteiger partial charge in [-0.15, -0.1) is 0 Å². The van der Waals surface area contributed by atoms with Gasteiger partial charge in [-0.3, -0.25) is 9.59 Å². The first-order chi connectivity index (χ1) is 22.3. The molecule has 46 heavy (non-hydrogen) atoms. The third-order valence-electron chi connectivity index (χ3n) is 8.68. The fourth-order valence-corrected chi connectivity index (χ4v) is 7.95. The molecule has 0 spiro atoms. The predicted octanol–water partition coefficient (Wildman–Crippen LogP) is 9.74. The summed E-state index contributed by atoms with van der Waals surface area (Å²) in [6.45, 7) is 4.51. The molecule has 0 saturated carbocycles. The minimum atomic E-state index is -5.00. The first kappa shape index (κ1) is 45.2. The van der Waals surface area contributed by atoms with Gasteiger partial charge in [0.25, 0.3) is 11.9 Å². The highest BCUT2D eigenvalue weighted by Gasteiger charge is 2.40. The fraction of sp³-hybridized carbons (Fsp3) is 0.944. The molecule has 0 aromatic rings. The lowest BCUT2D eigenvalue weighted by Gasteiger charge is -2.19. The predicted molar refractivity (Wildman–Crippen MR) is 192 cm³/mol. The number of hydrogen-bond donors (Lipinski definition) is 3. The van der Waals surface area contributed by atoms with Gasteiger partial charge in [-0.1, -0.05) is 194 Å². The topological polar surface area (TPSA) is 123 Å². The highest BCUT2D eigenvalue weighted by atomic mass is 28.5. The summed E-state index contributed by atoms with van der Waals surface area (Å²) in [6.07, 6.45) is 37.1. The first-order valence-corrected chi connectivity index (χ1v) is 22.7. The van der Waals surface area contributed by atoms with Crippen LogP contribution in [0.4, 0.5) is 0 Å². The summed E-state index contributed by atoms with van der Waals surface area (Å²) < 4.78 is 15.0. The maximum atomic E-state index is 12.3. The van der Waals surface area contributed by atoms with E-state index in [9.17, 15) is 24.0 Å². The number of hydrogen-bond acceptors (Lipinski definition) is 8. The molecule has 274 valence electrons. The van der Waals surface area contributed by atoms with Crippen LogP contribution in [-0.2, 0) is 22.6 Å². The second kappa shape index (κ2) is 34.1. The molecule has 0 bridgehead atoms. The van der Waals surface area contributed by atoms with Crippen molar-refractivity contribution >= 4 is 30.5 Å². The van der Waals surface area contributed by atoms with Gasteiger partial charge >= 0.3 is 18.6 Å². The van der Waals surface area contributed by atoms with Crippen LogP contribution in [0.25, 0.3) is 0 Å². The molecule has 0 saturated heterocycles. The van der Waals surface area contributed by atoms with Crippen LogP contribution >= 0.6 is 0 Å². The van der Waals surface area contributed by atoms with Gasteiger partial charge in [0.05, 0.1) is 0 Å². The monoisotopic (exact) mass is 690 g/mol. The number of rotatable bonds is 36. The summed E-state index contributed by atoms with van der Waals surface area (Å²) in [6, 6.07) is 0. The summed E-state index contributed by atoms with van der Waals surface area (Å²) >= 11 is 0. The number of unbranched alkanes of at least 4 members (excludes halogenated alkanes) is 28. The van der Waals surface area contributed by atoms with Crippen LogP contribution in [0, 0.1) is 0 Å². The average Bonchev–Trinajstić information content (AvgIpc) is 3.00. The molecule has 3 N–H and O–H groups in total. The maximum absolute atomic E-state index is 12.3. The number of carbonyl (C=O) groups is 2. The summed E-state index contributed by atoms with van der Waals surface area (Å²) in [5.74, 6) is -1.21. The van der Waals surface area contributed by atoms with Crippen molar-refractivity contribution in [3.8, 4) is 0 Å². The van der Waals surface area contributed by atoms with E-state index in [1.165, 1.54) is 141 Å². The first-order valence-electron chi connectivity index (χ1n) is 19.5. The van der Waals surface area contributed by atoms with Crippen molar-refractivity contribution in [3.05, 3.63) is 0 Å². The van der Waals surface area contributed by atoms with Crippen LogP contribution in [0.5, 0.6) is 0 Å². The Kier molecular flexibility index (Phi) is 33.5. The van der Waals surface area contributed by atoms with Gasteiger partial charge in [-0.25, -0.2) is 0 Å². The molecule has 0 aromatic carbocycles. The van der Waals surface area contributed by atoms with E-state index in [2.05, 4.69) is 13.8 Å².